The highest BCUT2D eigenvalue weighted by molar-refractivity contribution is 6.76. The van der Waals surface area contributed by atoms with Crippen molar-refractivity contribution in [2.75, 3.05) is 6.23 Å². The van der Waals surface area contributed by atoms with E-state index in [1.165, 1.54) is 0 Å². The maximum absolute atomic E-state index is 10.7. The molecule has 0 saturated carbocycles. The molecule has 0 aliphatic carbocycles. The number of carbonyl (C=O) groups is 2. The molecular weight excluding hydrogens is 176 g/mol. The Morgan fingerprint density at radius 1 is 1.33 bits per heavy atom. The van der Waals surface area contributed by atoms with Crippen molar-refractivity contribution in [3.05, 3.63) is 0 Å². The standard InChI is InChI=1S/C7H14O4Si/c1-12(2,3)5-11-7(10)4-6(8)9/h4-5H2,1-3H3,(H,8,9). The van der Waals surface area contributed by atoms with Crippen LogP contribution in [-0.4, -0.2) is 31.3 Å². The van der Waals surface area contributed by atoms with Gasteiger partial charge in [-0.1, -0.05) is 19.6 Å². The molecule has 0 bridgehead atoms. The lowest BCUT2D eigenvalue weighted by Gasteiger charge is -2.14. The summed E-state index contributed by atoms with van der Waals surface area (Å²) in [4.78, 5) is 20.8. The third-order valence-electron chi connectivity index (χ3n) is 0.962. The molecule has 0 aliphatic heterocycles. The van der Waals surface area contributed by atoms with Gasteiger partial charge in [-0.05, 0) is 0 Å². The van der Waals surface area contributed by atoms with E-state index < -0.39 is 26.4 Å². The fourth-order valence-corrected chi connectivity index (χ4v) is 1.07. The van der Waals surface area contributed by atoms with Crippen molar-refractivity contribution in [1.29, 1.82) is 0 Å². The maximum Gasteiger partial charge on any atom is 0.316 e. The monoisotopic (exact) mass is 190 g/mol. The molecule has 0 heterocycles. The predicted molar refractivity (Wildman–Crippen MR) is 46.6 cm³/mol. The van der Waals surface area contributed by atoms with E-state index in [-0.39, 0.29) is 0 Å². The minimum atomic E-state index is -1.41. The van der Waals surface area contributed by atoms with Gasteiger partial charge < -0.3 is 9.84 Å². The summed E-state index contributed by atoms with van der Waals surface area (Å²) in [5.41, 5.74) is 0. The fraction of sp³-hybridized carbons (Fsp3) is 0.714. The van der Waals surface area contributed by atoms with Crippen LogP contribution in [0.5, 0.6) is 0 Å². The zero-order valence-electron chi connectivity index (χ0n) is 7.59. The highest BCUT2D eigenvalue weighted by Gasteiger charge is 2.17. The molecule has 0 aliphatic rings. The first kappa shape index (κ1) is 11.2. The smallest absolute Gasteiger partial charge is 0.316 e. The molecule has 0 rings (SSSR count). The van der Waals surface area contributed by atoms with Crippen LogP contribution in [0.25, 0.3) is 0 Å². The fourth-order valence-electron chi connectivity index (χ4n) is 0.472. The Morgan fingerprint density at radius 3 is 2.17 bits per heavy atom. The molecule has 0 radical (unpaired) electrons. The average molecular weight is 190 g/mol. The van der Waals surface area contributed by atoms with E-state index in [1.54, 1.807) is 0 Å². The van der Waals surface area contributed by atoms with E-state index in [0.29, 0.717) is 6.23 Å². The van der Waals surface area contributed by atoms with Crippen LogP contribution in [0.1, 0.15) is 6.42 Å². The van der Waals surface area contributed by atoms with Gasteiger partial charge >= 0.3 is 11.9 Å². The summed E-state index contributed by atoms with van der Waals surface area (Å²) >= 11 is 0. The van der Waals surface area contributed by atoms with Crippen LogP contribution in [-0.2, 0) is 14.3 Å². The molecule has 0 aromatic carbocycles. The van der Waals surface area contributed by atoms with Crippen molar-refractivity contribution < 1.29 is 19.4 Å². The number of hydrogen-bond acceptors (Lipinski definition) is 3. The van der Waals surface area contributed by atoms with Crippen LogP contribution in [0.15, 0.2) is 0 Å². The van der Waals surface area contributed by atoms with Crippen molar-refractivity contribution in [3.8, 4) is 0 Å². The molecule has 0 amide bonds. The zero-order chi connectivity index (χ0) is 9.78. The molecule has 1 N–H and O–H groups in total. The molecule has 0 atom stereocenters. The van der Waals surface area contributed by atoms with Gasteiger partial charge in [0.1, 0.15) is 6.42 Å². The molecule has 0 aromatic heterocycles. The number of carboxylic acids is 1. The van der Waals surface area contributed by atoms with Crippen LogP contribution in [0, 0.1) is 0 Å². The molecule has 0 unspecified atom stereocenters. The Kier molecular flexibility index (Phi) is 3.95. The summed E-state index contributed by atoms with van der Waals surface area (Å²) in [5, 5.41) is 8.22. The van der Waals surface area contributed by atoms with Crippen LogP contribution < -0.4 is 0 Å². The first-order valence-corrected chi connectivity index (χ1v) is 7.39. The molecule has 4 nitrogen and oxygen atoms in total. The molecule has 0 fully saturated rings. The normalized spacial score (nSPS) is 10.9. The summed E-state index contributed by atoms with van der Waals surface area (Å²) in [6, 6.07) is 0. The van der Waals surface area contributed by atoms with E-state index in [0.717, 1.165) is 0 Å². The Bertz CT molecular complexity index is 182. The van der Waals surface area contributed by atoms with E-state index in [2.05, 4.69) is 0 Å². The number of hydrogen-bond donors (Lipinski definition) is 1. The second kappa shape index (κ2) is 4.25. The van der Waals surface area contributed by atoms with Crippen molar-refractivity contribution in [2.24, 2.45) is 0 Å². The summed E-state index contributed by atoms with van der Waals surface area (Å²) in [6.07, 6.45) is -0.149. The number of rotatable bonds is 4. The van der Waals surface area contributed by atoms with Gasteiger partial charge in [0.15, 0.2) is 0 Å². The van der Waals surface area contributed by atoms with Crippen molar-refractivity contribution in [3.63, 3.8) is 0 Å². The van der Waals surface area contributed by atoms with E-state index >= 15 is 0 Å². The number of aliphatic carboxylic acids is 1. The number of ether oxygens (including phenoxy) is 1. The SMILES string of the molecule is C[Si](C)(C)COC(=O)CC(=O)O. The molecule has 5 heteroatoms. The van der Waals surface area contributed by atoms with Crippen LogP contribution in [0.4, 0.5) is 0 Å². The van der Waals surface area contributed by atoms with Gasteiger partial charge in [-0.25, -0.2) is 0 Å². The van der Waals surface area contributed by atoms with Gasteiger partial charge in [0, 0.05) is 0 Å². The molecular formula is C7H14O4Si. The largest absolute Gasteiger partial charge is 0.481 e. The lowest BCUT2D eigenvalue weighted by atomic mass is 10.4. The molecule has 0 saturated heterocycles. The van der Waals surface area contributed by atoms with E-state index in [9.17, 15) is 9.59 Å². The van der Waals surface area contributed by atoms with Gasteiger partial charge in [-0.2, -0.15) is 0 Å². The van der Waals surface area contributed by atoms with Gasteiger partial charge in [-0.3, -0.25) is 9.59 Å². The maximum atomic E-state index is 10.7. The van der Waals surface area contributed by atoms with Crippen molar-refractivity contribution in [2.45, 2.75) is 26.1 Å². The van der Waals surface area contributed by atoms with Crippen LogP contribution in [0.2, 0.25) is 19.6 Å². The Hall–Kier alpha value is -0.843. The quantitative estimate of drug-likeness (QED) is 0.406. The lowest BCUT2D eigenvalue weighted by Crippen LogP contribution is -2.30. The number of carbonyl (C=O) groups excluding carboxylic acids is 1. The summed E-state index contributed by atoms with van der Waals surface area (Å²) in [6.45, 7) is 6.13. The molecule has 70 valence electrons. The average Bonchev–Trinajstić information content (AvgIpc) is 1.80. The molecule has 0 spiro atoms. The third kappa shape index (κ3) is 7.27. The second-order valence-corrected chi connectivity index (χ2v) is 9.20. The third-order valence-corrected chi connectivity index (χ3v) is 1.97. The first-order valence-electron chi connectivity index (χ1n) is 3.69. The van der Waals surface area contributed by atoms with E-state index in [4.69, 9.17) is 9.84 Å². The number of carboxylic acid groups (broad SMARTS) is 1. The Morgan fingerprint density at radius 2 is 1.83 bits per heavy atom. The lowest BCUT2D eigenvalue weighted by molar-refractivity contribution is -0.150. The minimum Gasteiger partial charge on any atom is -0.481 e. The van der Waals surface area contributed by atoms with Crippen molar-refractivity contribution in [1.82, 2.24) is 0 Å². The van der Waals surface area contributed by atoms with Gasteiger partial charge in [0.05, 0.1) is 14.3 Å². The molecule has 0 aromatic rings. The predicted octanol–water partition coefficient (Wildman–Crippen LogP) is 0.882. The minimum absolute atomic E-state index is 0.388. The van der Waals surface area contributed by atoms with Gasteiger partial charge in [-0.15, -0.1) is 0 Å². The highest BCUT2D eigenvalue weighted by Crippen LogP contribution is 2.01. The topological polar surface area (TPSA) is 63.6 Å². The zero-order valence-corrected chi connectivity index (χ0v) is 8.59. The number of esters is 1. The summed E-state index contributed by atoms with van der Waals surface area (Å²) in [7, 11) is -1.41. The summed E-state index contributed by atoms with van der Waals surface area (Å²) in [5.74, 6) is -1.79. The van der Waals surface area contributed by atoms with Crippen LogP contribution in [0.3, 0.4) is 0 Å². The van der Waals surface area contributed by atoms with Crippen molar-refractivity contribution >= 4 is 20.0 Å². The highest BCUT2D eigenvalue weighted by atomic mass is 28.3. The van der Waals surface area contributed by atoms with Gasteiger partial charge in [0.2, 0.25) is 0 Å². The second-order valence-electron chi connectivity index (χ2n) is 3.79. The first-order chi connectivity index (χ1) is 5.31. The molecule has 12 heavy (non-hydrogen) atoms. The van der Waals surface area contributed by atoms with Crippen LogP contribution >= 0.6 is 0 Å². The Labute approximate surface area is 72.5 Å². The van der Waals surface area contributed by atoms with Gasteiger partial charge in [0.25, 0.3) is 0 Å². The Balaban J connectivity index is 3.65. The summed E-state index contributed by atoms with van der Waals surface area (Å²) < 4.78 is 4.76. The van der Waals surface area contributed by atoms with E-state index in [1.807, 2.05) is 19.6 Å².